The molecule has 56 heavy (non-hydrogen) atoms. The first kappa shape index (κ1) is 46.3. The zero-order valence-corrected chi connectivity index (χ0v) is 26.9. The zero-order chi connectivity index (χ0) is 43.6. The molecule has 0 bridgehead atoms. The third-order valence-electron chi connectivity index (χ3n) is 7.59. The van der Waals surface area contributed by atoms with Crippen molar-refractivity contribution in [1.82, 2.24) is 0 Å². The number of hydrogen-bond acceptors (Lipinski definition) is 2. The highest BCUT2D eigenvalue weighted by atomic mass is 32.3. The Kier molecular flexibility index (Phi) is 11.4. The van der Waals surface area contributed by atoms with Gasteiger partial charge in [0, 0.05) is 14.7 Å². The van der Waals surface area contributed by atoms with Crippen LogP contribution in [0, 0.1) is 0 Å². The largest absolute Gasteiger partial charge is 0.460 e. The molecule has 0 amide bonds. The summed E-state index contributed by atoms with van der Waals surface area (Å²) >= 11 is 0. The van der Waals surface area contributed by atoms with Crippen LogP contribution in [-0.2, 0) is 8.98 Å². The molecule has 0 saturated carbocycles. The van der Waals surface area contributed by atoms with E-state index in [9.17, 15) is 97.0 Å². The van der Waals surface area contributed by atoms with Crippen molar-refractivity contribution >= 4 is 16.3 Å². The van der Waals surface area contributed by atoms with Crippen molar-refractivity contribution in [3.05, 3.63) is 91.0 Å². The number of halogens is 23. The van der Waals surface area contributed by atoms with Crippen molar-refractivity contribution in [3.8, 4) is 0 Å². The Balaban J connectivity index is 2.22. The fraction of sp³-hybridized carbons (Fsp3) is 0.367. The van der Waals surface area contributed by atoms with E-state index < -0.39 is 96.4 Å². The normalized spacial score (nSPS) is 15.4. The molecule has 2 nitrogen and oxygen atoms in total. The van der Waals surface area contributed by atoms with Gasteiger partial charge in [-0.05, 0) is 46.7 Å². The predicted molar refractivity (Wildman–Crippen MR) is 143 cm³/mol. The van der Waals surface area contributed by atoms with Crippen molar-refractivity contribution in [2.75, 3.05) is 0 Å². The lowest BCUT2D eigenvalue weighted by molar-refractivity contribution is -0.477. The maximum Gasteiger partial charge on any atom is 0.460 e. The number of rotatable bonds is 14. The van der Waals surface area contributed by atoms with Crippen LogP contribution in [-0.4, -0.2) is 71.4 Å². The van der Waals surface area contributed by atoms with Gasteiger partial charge in [-0.2, -0.15) is 101 Å². The van der Waals surface area contributed by atoms with Crippen LogP contribution in [0.1, 0.15) is 0 Å². The molecule has 3 rings (SSSR count). The average molecular weight is 876 g/mol. The molecule has 0 spiro atoms. The number of hydrogen-bond donors (Lipinski definition) is 0. The van der Waals surface area contributed by atoms with Gasteiger partial charge in [-0.3, -0.25) is 0 Å². The van der Waals surface area contributed by atoms with Crippen LogP contribution in [0.3, 0.4) is 0 Å². The lowest BCUT2D eigenvalue weighted by Crippen LogP contribution is -2.78. The summed E-state index contributed by atoms with van der Waals surface area (Å²) in [7, 11) is -4.34. The summed E-state index contributed by atoms with van der Waals surface area (Å²) in [5.74, 6) is -94.4. The van der Waals surface area contributed by atoms with Crippen LogP contribution >= 0.6 is 10.3 Å². The van der Waals surface area contributed by atoms with Gasteiger partial charge < -0.3 is 4.18 Å². The molecule has 0 aliphatic heterocycles. The molecule has 3 aromatic rings. The topological polar surface area (TPSA) is 26.3 Å². The van der Waals surface area contributed by atoms with Gasteiger partial charge in [0.15, 0.2) is 0 Å². The van der Waals surface area contributed by atoms with Crippen LogP contribution in [0.2, 0.25) is 0 Å². The smallest absolute Gasteiger partial charge is 0.397 e. The minimum absolute atomic E-state index is 0.468. The van der Waals surface area contributed by atoms with Crippen molar-refractivity contribution in [2.45, 2.75) is 80.1 Å². The van der Waals surface area contributed by atoms with E-state index in [0.29, 0.717) is 0 Å². The molecule has 0 atom stereocenters. The van der Waals surface area contributed by atoms with Crippen LogP contribution in [0.25, 0.3) is 0 Å². The third-order valence-corrected chi connectivity index (χ3v) is 10.8. The molecule has 0 N–H and O–H groups in total. The van der Waals surface area contributed by atoms with Gasteiger partial charge in [0.2, 0.25) is 0 Å². The van der Waals surface area contributed by atoms with E-state index >= 15 is 8.78 Å². The summed E-state index contributed by atoms with van der Waals surface area (Å²) in [5.41, 5.74) is 0. The summed E-state index contributed by atoms with van der Waals surface area (Å²) in [5, 5.41) is 0. The Labute approximate surface area is 297 Å². The van der Waals surface area contributed by atoms with Crippen LogP contribution in [0.5, 0.6) is 0 Å². The summed E-state index contributed by atoms with van der Waals surface area (Å²) in [4.78, 5) is 11.4. The third kappa shape index (κ3) is 6.18. The van der Waals surface area contributed by atoms with E-state index in [2.05, 4.69) is 4.18 Å². The van der Waals surface area contributed by atoms with Gasteiger partial charge in [0.05, 0.1) is 0 Å². The second-order valence-corrected chi connectivity index (χ2v) is 13.8. The van der Waals surface area contributed by atoms with Crippen molar-refractivity contribution in [1.29, 1.82) is 0 Å². The molecule has 0 aliphatic rings. The van der Waals surface area contributed by atoms with Crippen LogP contribution in [0.15, 0.2) is 106 Å². The van der Waals surface area contributed by atoms with Gasteiger partial charge in [-0.15, -0.1) is 0 Å². The van der Waals surface area contributed by atoms with Crippen LogP contribution < -0.4 is 0 Å². The second-order valence-electron chi connectivity index (χ2n) is 11.1. The molecular weight excluding hydrogens is 861 g/mol. The minimum atomic E-state index is -9.55. The highest BCUT2D eigenvalue weighted by Crippen LogP contribution is 2.71. The fourth-order valence-electron chi connectivity index (χ4n) is 4.44. The second kappa shape index (κ2) is 13.8. The molecule has 314 valence electrons. The van der Waals surface area contributed by atoms with E-state index in [1.54, 1.807) is 0 Å². The monoisotopic (exact) mass is 876 g/mol. The summed E-state index contributed by atoms with van der Waals surface area (Å²) in [6, 6.07) is 15.8. The molecule has 3 aromatic carbocycles. The Morgan fingerprint density at radius 1 is 0.339 bits per heavy atom. The highest BCUT2D eigenvalue weighted by Gasteiger charge is 2.99. The summed E-state index contributed by atoms with van der Waals surface area (Å²) < 4.78 is 326. The van der Waals surface area contributed by atoms with E-state index in [1.807, 2.05) is 0 Å². The molecule has 0 radical (unpaired) electrons. The predicted octanol–water partition coefficient (Wildman–Crippen LogP) is 12.3. The fourth-order valence-corrected chi connectivity index (χ4v) is 7.50. The lowest BCUT2D eigenvalue weighted by Gasteiger charge is -2.45. The highest BCUT2D eigenvalue weighted by molar-refractivity contribution is 8.30. The number of alkyl halides is 23. The van der Waals surface area contributed by atoms with E-state index in [0.717, 1.165) is 72.8 Å². The maximum atomic E-state index is 15.2. The number of carbonyl (C=O) groups excluding carboxylic acids is 1. The van der Waals surface area contributed by atoms with Gasteiger partial charge in [-0.25, -0.2) is 4.79 Å². The Morgan fingerprint density at radius 3 is 0.786 bits per heavy atom. The lowest BCUT2D eigenvalue weighted by atomic mass is 9.85. The molecule has 0 fully saturated rings. The Hall–Kier alpha value is -4.13. The average Bonchev–Trinajstić information content (AvgIpc) is 3.10. The quantitative estimate of drug-likeness (QED) is 0.151. The first-order valence-corrected chi connectivity index (χ1v) is 15.6. The van der Waals surface area contributed by atoms with Gasteiger partial charge >= 0.3 is 71.4 Å². The van der Waals surface area contributed by atoms with E-state index in [1.165, 1.54) is 18.2 Å². The van der Waals surface area contributed by atoms with Crippen LogP contribution in [0.4, 0.5) is 101 Å². The summed E-state index contributed by atoms with van der Waals surface area (Å²) in [6.07, 6.45) is -8.16. The number of carbonyl (C=O) groups is 1. The maximum absolute atomic E-state index is 15.2. The molecule has 26 heteroatoms. The van der Waals surface area contributed by atoms with Gasteiger partial charge in [0.1, 0.15) is 0 Å². The van der Waals surface area contributed by atoms with E-state index in [-0.39, 0.29) is 0 Å². The molecule has 0 aliphatic carbocycles. The standard InChI is InChI=1S/C30H15F23O2S/c31-20(32,19(54)55-56(16-10-4-1-5-11-16,17-12-6-2-7-13-17)18-14-8-3-9-15-18)21(33,34)22(35,36)23(37,38)24(39,40)25(41,42)26(43,44)27(45,46)28(47,48)29(49,50)30(51,52)53/h1-15H. The molecule has 0 saturated heterocycles. The molecular formula is C30H15F23O2S. The molecule has 0 aromatic heterocycles. The van der Waals surface area contributed by atoms with Gasteiger partial charge in [0.25, 0.3) is 0 Å². The van der Waals surface area contributed by atoms with Crippen molar-refractivity contribution < 1.29 is 110 Å². The SMILES string of the molecule is O=C(OS(c1ccccc1)(c1ccccc1)c1ccccc1)C(F)(F)C(F)(F)C(F)(F)C(F)(F)C(F)(F)C(F)(F)C(F)(F)C(F)(F)C(F)(F)C(F)(F)C(F)(F)F. The molecule has 0 unspecified atom stereocenters. The first-order chi connectivity index (χ1) is 24.9. The number of benzene rings is 3. The zero-order valence-electron chi connectivity index (χ0n) is 26.1. The minimum Gasteiger partial charge on any atom is -0.397 e. The van der Waals surface area contributed by atoms with E-state index in [4.69, 9.17) is 0 Å². The Bertz CT molecular complexity index is 1750. The molecule has 0 heterocycles. The van der Waals surface area contributed by atoms with Crippen molar-refractivity contribution in [2.24, 2.45) is 0 Å². The Morgan fingerprint density at radius 2 is 0.554 bits per heavy atom. The first-order valence-electron chi connectivity index (χ1n) is 14.0. The summed E-state index contributed by atoms with van der Waals surface area (Å²) in [6.45, 7) is 0. The van der Waals surface area contributed by atoms with Crippen molar-refractivity contribution in [3.63, 3.8) is 0 Å². The van der Waals surface area contributed by atoms with Gasteiger partial charge in [-0.1, -0.05) is 54.6 Å².